The molecule has 11 aromatic rings. The topological polar surface area (TPSA) is 9.86 Å². The Balaban J connectivity index is 1.10. The number of fused-ring (bicyclic) bond motifs is 7. The van der Waals surface area contributed by atoms with Crippen molar-refractivity contribution in [3.63, 3.8) is 0 Å². The maximum Gasteiger partial charge on any atom is 0.0547 e. The summed E-state index contributed by atoms with van der Waals surface area (Å²) >= 11 is 0. The van der Waals surface area contributed by atoms with Gasteiger partial charge in [0, 0.05) is 32.9 Å². The zero-order valence-electron chi connectivity index (χ0n) is 29.5. The Morgan fingerprint density at radius 2 is 0.741 bits per heavy atom. The summed E-state index contributed by atoms with van der Waals surface area (Å²) in [7, 11) is 0. The van der Waals surface area contributed by atoms with Gasteiger partial charge in [-0.15, -0.1) is 0 Å². The van der Waals surface area contributed by atoms with Gasteiger partial charge in [-0.3, -0.25) is 0 Å². The molecule has 0 aliphatic heterocycles. The van der Waals surface area contributed by atoms with E-state index in [1.807, 2.05) is 0 Å². The predicted octanol–water partition coefficient (Wildman–Crippen LogP) is 14.0. The van der Waals surface area contributed by atoms with Crippen molar-refractivity contribution in [3.8, 4) is 44.8 Å². The van der Waals surface area contributed by atoms with Gasteiger partial charge >= 0.3 is 0 Å². The Morgan fingerprint density at radius 3 is 1.50 bits per heavy atom. The summed E-state index contributed by atoms with van der Waals surface area (Å²) in [5.74, 6) is 0. The van der Waals surface area contributed by atoms with Crippen LogP contribution in [0.25, 0.3) is 99.1 Å². The van der Waals surface area contributed by atoms with E-state index in [1.54, 1.807) is 0 Å². The fraction of sp³-hybridized carbons (Fsp3) is 0. The second kappa shape index (κ2) is 12.2. The molecule has 2 aromatic heterocycles. The van der Waals surface area contributed by atoms with Crippen LogP contribution in [0.2, 0.25) is 0 Å². The molecule has 9 aromatic carbocycles. The Hall–Kier alpha value is -7.16. The lowest BCUT2D eigenvalue weighted by Gasteiger charge is -2.11. The minimum Gasteiger partial charge on any atom is -0.309 e. The van der Waals surface area contributed by atoms with Crippen LogP contribution >= 0.6 is 0 Å². The number of hydrogen-bond donors (Lipinski definition) is 0. The largest absolute Gasteiger partial charge is 0.309 e. The van der Waals surface area contributed by atoms with Gasteiger partial charge in [0.25, 0.3) is 0 Å². The first kappa shape index (κ1) is 30.5. The smallest absolute Gasteiger partial charge is 0.0547 e. The lowest BCUT2D eigenvalue weighted by atomic mass is 9.98. The van der Waals surface area contributed by atoms with Crippen molar-refractivity contribution >= 4 is 54.4 Å². The second-order valence-electron chi connectivity index (χ2n) is 14.2. The van der Waals surface area contributed by atoms with E-state index in [4.69, 9.17) is 0 Å². The number of benzene rings is 9. The second-order valence-corrected chi connectivity index (χ2v) is 14.2. The highest BCUT2D eigenvalue weighted by Crippen LogP contribution is 2.40. The van der Waals surface area contributed by atoms with Gasteiger partial charge in [-0.2, -0.15) is 0 Å². The van der Waals surface area contributed by atoms with Gasteiger partial charge in [-0.05, 0) is 105 Å². The standard InChI is InChI=1S/C52H34N2/c1-3-12-35(13-4-1)38-25-30-50-47(32-38)48-33-39(40-24-29-46-45-19-9-10-21-49(45)54(52(46)34-40)41-16-5-2-6-17-41)26-31-51(48)53(50)42-27-22-37(23-28-42)44-20-11-15-36-14-7-8-18-43(36)44/h1-34H. The molecule has 11 rings (SSSR count). The number of para-hydroxylation sites is 2. The summed E-state index contributed by atoms with van der Waals surface area (Å²) in [6.07, 6.45) is 0. The van der Waals surface area contributed by atoms with Crippen molar-refractivity contribution in [1.82, 2.24) is 9.13 Å². The molecule has 0 unspecified atom stereocenters. The van der Waals surface area contributed by atoms with Gasteiger partial charge in [-0.1, -0.05) is 146 Å². The molecule has 0 saturated carbocycles. The Bertz CT molecular complexity index is 3180. The molecule has 2 heteroatoms. The van der Waals surface area contributed by atoms with E-state index in [-0.39, 0.29) is 0 Å². The van der Waals surface area contributed by atoms with Gasteiger partial charge in [0.05, 0.1) is 22.1 Å². The van der Waals surface area contributed by atoms with E-state index in [2.05, 4.69) is 215 Å². The summed E-state index contributed by atoms with van der Waals surface area (Å²) in [4.78, 5) is 0. The normalized spacial score (nSPS) is 11.7. The summed E-state index contributed by atoms with van der Waals surface area (Å²) in [5.41, 5.74) is 14.4. The molecule has 0 fully saturated rings. The molecule has 252 valence electrons. The molecule has 0 spiro atoms. The zero-order chi connectivity index (χ0) is 35.6. The first-order valence-electron chi connectivity index (χ1n) is 18.6. The molecule has 2 heterocycles. The molecule has 0 aliphatic rings. The van der Waals surface area contributed by atoms with E-state index < -0.39 is 0 Å². The fourth-order valence-corrected chi connectivity index (χ4v) is 8.56. The molecular formula is C52H34N2. The first-order valence-corrected chi connectivity index (χ1v) is 18.6. The zero-order valence-corrected chi connectivity index (χ0v) is 29.5. The highest BCUT2D eigenvalue weighted by atomic mass is 15.0. The highest BCUT2D eigenvalue weighted by Gasteiger charge is 2.17. The third-order valence-corrected chi connectivity index (χ3v) is 11.1. The van der Waals surface area contributed by atoms with Crippen LogP contribution in [0, 0.1) is 0 Å². The van der Waals surface area contributed by atoms with Crippen molar-refractivity contribution in [2.75, 3.05) is 0 Å². The number of rotatable bonds is 5. The van der Waals surface area contributed by atoms with Crippen molar-refractivity contribution in [1.29, 1.82) is 0 Å². The van der Waals surface area contributed by atoms with Crippen LogP contribution < -0.4 is 0 Å². The minimum atomic E-state index is 1.15. The lowest BCUT2D eigenvalue weighted by molar-refractivity contribution is 1.18. The quantitative estimate of drug-likeness (QED) is 0.171. The van der Waals surface area contributed by atoms with Gasteiger partial charge in [-0.25, -0.2) is 0 Å². The third kappa shape index (κ3) is 4.81. The average Bonchev–Trinajstić information content (AvgIpc) is 3.76. The monoisotopic (exact) mass is 686 g/mol. The van der Waals surface area contributed by atoms with E-state index in [0.29, 0.717) is 0 Å². The maximum atomic E-state index is 2.42. The first-order chi connectivity index (χ1) is 26.8. The minimum absolute atomic E-state index is 1.15. The van der Waals surface area contributed by atoms with Gasteiger partial charge in [0.2, 0.25) is 0 Å². The molecule has 0 N–H and O–H groups in total. The Morgan fingerprint density at radius 1 is 0.241 bits per heavy atom. The van der Waals surface area contributed by atoms with Gasteiger partial charge in [0.1, 0.15) is 0 Å². The number of nitrogens with zero attached hydrogens (tertiary/aromatic N) is 2. The van der Waals surface area contributed by atoms with Crippen LogP contribution in [0.5, 0.6) is 0 Å². The average molecular weight is 687 g/mol. The molecule has 0 atom stereocenters. The maximum absolute atomic E-state index is 2.42. The van der Waals surface area contributed by atoms with Gasteiger partial charge < -0.3 is 9.13 Å². The highest BCUT2D eigenvalue weighted by molar-refractivity contribution is 6.13. The fourth-order valence-electron chi connectivity index (χ4n) is 8.56. The van der Waals surface area contributed by atoms with Crippen molar-refractivity contribution < 1.29 is 0 Å². The van der Waals surface area contributed by atoms with E-state index in [0.717, 1.165) is 5.69 Å². The van der Waals surface area contributed by atoms with Crippen molar-refractivity contribution in [2.24, 2.45) is 0 Å². The Labute approximate surface area is 313 Å². The van der Waals surface area contributed by atoms with Crippen LogP contribution in [0.4, 0.5) is 0 Å². The third-order valence-electron chi connectivity index (χ3n) is 11.1. The molecule has 0 bridgehead atoms. The SMILES string of the molecule is c1ccc(-c2ccc3c(c2)c2cc(-c4ccc5c6ccccc6n(-c6ccccc6)c5c4)ccc2n3-c2ccc(-c3cccc4ccccc34)cc2)cc1. The van der Waals surface area contributed by atoms with Crippen LogP contribution in [-0.2, 0) is 0 Å². The summed E-state index contributed by atoms with van der Waals surface area (Å²) < 4.78 is 4.82. The lowest BCUT2D eigenvalue weighted by Crippen LogP contribution is -1.94. The molecule has 54 heavy (non-hydrogen) atoms. The predicted molar refractivity (Wildman–Crippen MR) is 229 cm³/mol. The Kier molecular flexibility index (Phi) is 6.90. The summed E-state index contributed by atoms with van der Waals surface area (Å²) in [6.45, 7) is 0. The molecule has 2 nitrogen and oxygen atoms in total. The molecule has 0 aliphatic carbocycles. The summed E-state index contributed by atoms with van der Waals surface area (Å²) in [5, 5.41) is 7.53. The van der Waals surface area contributed by atoms with Crippen LogP contribution in [0.3, 0.4) is 0 Å². The van der Waals surface area contributed by atoms with E-state index >= 15 is 0 Å². The molecule has 0 radical (unpaired) electrons. The number of aromatic nitrogens is 2. The molecule has 0 saturated heterocycles. The molecule has 0 amide bonds. The number of hydrogen-bond acceptors (Lipinski definition) is 0. The van der Waals surface area contributed by atoms with Crippen LogP contribution in [-0.4, -0.2) is 9.13 Å². The summed E-state index contributed by atoms with van der Waals surface area (Å²) in [6, 6.07) is 75.2. The molecular weight excluding hydrogens is 653 g/mol. The van der Waals surface area contributed by atoms with Crippen molar-refractivity contribution in [3.05, 3.63) is 206 Å². The van der Waals surface area contributed by atoms with Crippen molar-refractivity contribution in [2.45, 2.75) is 0 Å². The van der Waals surface area contributed by atoms with Crippen LogP contribution in [0.15, 0.2) is 206 Å². The van der Waals surface area contributed by atoms with Gasteiger partial charge in [0.15, 0.2) is 0 Å². The van der Waals surface area contributed by atoms with E-state index in [1.165, 1.54) is 93.5 Å². The van der Waals surface area contributed by atoms with E-state index in [9.17, 15) is 0 Å². The van der Waals surface area contributed by atoms with Crippen LogP contribution in [0.1, 0.15) is 0 Å².